The Bertz CT molecular complexity index is 584. The SMILES string of the molecule is COc1ccc(COC2CC(C=O)(CO)[C@H]3OC(C)(C)O[C@@H]23)cc1. The lowest BCUT2D eigenvalue weighted by Gasteiger charge is -2.28. The molecule has 1 aliphatic heterocycles. The van der Waals surface area contributed by atoms with Gasteiger partial charge in [-0.2, -0.15) is 0 Å². The van der Waals surface area contributed by atoms with Gasteiger partial charge < -0.3 is 28.8 Å². The number of hydrogen-bond acceptors (Lipinski definition) is 6. The molecule has 0 spiro atoms. The van der Waals surface area contributed by atoms with Gasteiger partial charge in [0.05, 0.1) is 31.8 Å². The van der Waals surface area contributed by atoms with Gasteiger partial charge in [0.1, 0.15) is 24.2 Å². The second-order valence-corrected chi connectivity index (χ2v) is 6.93. The molecular weight excluding hydrogens is 312 g/mol. The Labute approximate surface area is 141 Å². The number of aliphatic hydroxyl groups excluding tert-OH is 1. The van der Waals surface area contributed by atoms with Crippen molar-refractivity contribution in [1.29, 1.82) is 0 Å². The molecule has 1 saturated carbocycles. The van der Waals surface area contributed by atoms with Gasteiger partial charge in [0, 0.05) is 0 Å². The van der Waals surface area contributed by atoms with Gasteiger partial charge >= 0.3 is 0 Å². The monoisotopic (exact) mass is 336 g/mol. The summed E-state index contributed by atoms with van der Waals surface area (Å²) in [5.41, 5.74) is 0.0290. The van der Waals surface area contributed by atoms with Crippen LogP contribution in [0.2, 0.25) is 0 Å². The number of fused-ring (bicyclic) bond motifs is 1. The average molecular weight is 336 g/mol. The van der Waals surface area contributed by atoms with Crippen molar-refractivity contribution in [3.8, 4) is 5.75 Å². The lowest BCUT2D eigenvalue weighted by molar-refractivity contribution is -0.182. The first-order chi connectivity index (χ1) is 11.4. The maximum Gasteiger partial charge on any atom is 0.163 e. The molecule has 4 atom stereocenters. The molecule has 1 aliphatic carbocycles. The molecule has 1 aromatic carbocycles. The largest absolute Gasteiger partial charge is 0.497 e. The topological polar surface area (TPSA) is 74.2 Å². The highest BCUT2D eigenvalue weighted by molar-refractivity contribution is 5.62. The highest BCUT2D eigenvalue weighted by atomic mass is 16.8. The van der Waals surface area contributed by atoms with E-state index in [2.05, 4.69) is 0 Å². The number of ether oxygens (including phenoxy) is 4. The molecule has 1 N–H and O–H groups in total. The van der Waals surface area contributed by atoms with Gasteiger partial charge in [0.2, 0.25) is 0 Å². The van der Waals surface area contributed by atoms with Gasteiger partial charge in [-0.15, -0.1) is 0 Å². The summed E-state index contributed by atoms with van der Waals surface area (Å²) in [6.07, 6.45) is 0.00322. The van der Waals surface area contributed by atoms with Gasteiger partial charge in [0.25, 0.3) is 0 Å². The third-order valence-electron chi connectivity index (χ3n) is 4.80. The summed E-state index contributed by atoms with van der Waals surface area (Å²) < 4.78 is 23.0. The summed E-state index contributed by atoms with van der Waals surface area (Å²) in [4.78, 5) is 11.6. The third-order valence-corrected chi connectivity index (χ3v) is 4.80. The number of benzene rings is 1. The summed E-state index contributed by atoms with van der Waals surface area (Å²) >= 11 is 0. The van der Waals surface area contributed by atoms with E-state index in [1.54, 1.807) is 21.0 Å². The van der Waals surface area contributed by atoms with Crippen molar-refractivity contribution in [2.45, 2.75) is 51.0 Å². The van der Waals surface area contributed by atoms with Crippen LogP contribution in [0.4, 0.5) is 0 Å². The molecule has 0 amide bonds. The minimum atomic E-state index is -0.969. The van der Waals surface area contributed by atoms with Crippen LogP contribution >= 0.6 is 0 Å². The van der Waals surface area contributed by atoms with Crippen molar-refractivity contribution < 1.29 is 28.8 Å². The lowest BCUT2D eigenvalue weighted by atomic mass is 9.86. The molecule has 6 heteroatoms. The van der Waals surface area contributed by atoms with Crippen LogP contribution in [-0.4, -0.2) is 49.2 Å². The maximum atomic E-state index is 11.6. The van der Waals surface area contributed by atoms with Crippen molar-refractivity contribution in [1.82, 2.24) is 0 Å². The number of aldehydes is 1. The van der Waals surface area contributed by atoms with Crippen molar-refractivity contribution in [2.24, 2.45) is 5.41 Å². The number of methoxy groups -OCH3 is 1. The smallest absolute Gasteiger partial charge is 0.163 e. The van der Waals surface area contributed by atoms with Crippen LogP contribution in [0.3, 0.4) is 0 Å². The van der Waals surface area contributed by atoms with Crippen LogP contribution in [-0.2, 0) is 25.6 Å². The Morgan fingerprint density at radius 3 is 2.58 bits per heavy atom. The number of carbonyl (C=O) groups excluding carboxylic acids is 1. The number of hydrogen-bond donors (Lipinski definition) is 1. The fraction of sp³-hybridized carbons (Fsp3) is 0.611. The highest BCUT2D eigenvalue weighted by Gasteiger charge is 2.62. The van der Waals surface area contributed by atoms with E-state index in [-0.39, 0.29) is 18.8 Å². The first kappa shape index (κ1) is 17.4. The van der Waals surface area contributed by atoms with Crippen LogP contribution < -0.4 is 4.74 Å². The fourth-order valence-electron chi connectivity index (χ4n) is 3.50. The molecule has 2 unspecified atom stereocenters. The zero-order valence-electron chi connectivity index (χ0n) is 14.2. The van der Waals surface area contributed by atoms with Gasteiger partial charge in [-0.1, -0.05) is 12.1 Å². The predicted octanol–water partition coefficient (Wildman–Crippen LogP) is 1.68. The van der Waals surface area contributed by atoms with Crippen molar-refractivity contribution >= 4 is 6.29 Å². The summed E-state index contributed by atoms with van der Waals surface area (Å²) in [5.74, 6) is -0.00446. The lowest BCUT2D eigenvalue weighted by Crippen LogP contribution is -2.40. The van der Waals surface area contributed by atoms with Crippen LogP contribution in [0.1, 0.15) is 25.8 Å². The maximum absolute atomic E-state index is 11.6. The van der Waals surface area contributed by atoms with E-state index < -0.39 is 17.3 Å². The number of aliphatic hydroxyl groups is 1. The summed E-state index contributed by atoms with van der Waals surface area (Å²) in [7, 11) is 1.62. The van der Waals surface area contributed by atoms with Crippen molar-refractivity contribution in [3.63, 3.8) is 0 Å². The van der Waals surface area contributed by atoms with Crippen LogP contribution in [0.15, 0.2) is 24.3 Å². The quantitative estimate of drug-likeness (QED) is 0.797. The second-order valence-electron chi connectivity index (χ2n) is 6.93. The molecule has 1 aromatic rings. The van der Waals surface area contributed by atoms with Gasteiger partial charge in [0.15, 0.2) is 5.79 Å². The van der Waals surface area contributed by atoms with E-state index >= 15 is 0 Å². The summed E-state index contributed by atoms with van der Waals surface area (Å²) in [6.45, 7) is 3.72. The fourth-order valence-corrected chi connectivity index (χ4v) is 3.50. The van der Waals surface area contributed by atoms with Crippen LogP contribution in [0.5, 0.6) is 5.75 Å². The molecule has 1 saturated heterocycles. The molecule has 0 radical (unpaired) electrons. The Morgan fingerprint density at radius 2 is 2.00 bits per heavy atom. The molecular formula is C18H24O6. The molecule has 132 valence electrons. The van der Waals surface area contributed by atoms with Gasteiger partial charge in [-0.05, 0) is 38.0 Å². The number of rotatable bonds is 6. The zero-order chi connectivity index (χ0) is 17.4. The Kier molecular flexibility index (Phi) is 4.66. The molecule has 2 aliphatic rings. The molecule has 0 bridgehead atoms. The van der Waals surface area contributed by atoms with Gasteiger partial charge in [-0.3, -0.25) is 0 Å². The van der Waals surface area contributed by atoms with E-state index in [4.69, 9.17) is 18.9 Å². The molecule has 1 heterocycles. The second kappa shape index (κ2) is 6.44. The van der Waals surface area contributed by atoms with E-state index in [0.29, 0.717) is 13.0 Å². The van der Waals surface area contributed by atoms with Crippen molar-refractivity contribution in [3.05, 3.63) is 29.8 Å². The Morgan fingerprint density at radius 1 is 1.29 bits per heavy atom. The summed E-state index contributed by atoms with van der Waals surface area (Å²) in [6, 6.07) is 7.61. The Hall–Kier alpha value is -1.47. The van der Waals surface area contributed by atoms with Crippen LogP contribution in [0, 0.1) is 5.41 Å². The molecule has 0 aromatic heterocycles. The first-order valence-corrected chi connectivity index (χ1v) is 8.10. The van der Waals surface area contributed by atoms with Crippen LogP contribution in [0.25, 0.3) is 0 Å². The standard InChI is InChI=1S/C18H24O6/c1-17(2)23-15-14(8-18(10-19,11-20)16(15)24-17)22-9-12-4-6-13(21-3)7-5-12/h4-7,10,14-16,20H,8-9,11H2,1-3H3/t14?,15-,16-,18?/m0/s1. The minimum absolute atomic E-state index is 0.278. The zero-order valence-corrected chi connectivity index (χ0v) is 14.2. The number of carbonyl (C=O) groups is 1. The first-order valence-electron chi connectivity index (χ1n) is 8.10. The molecule has 3 rings (SSSR count). The normalized spacial score (nSPS) is 34.1. The third kappa shape index (κ3) is 3.07. The molecule has 6 nitrogen and oxygen atoms in total. The van der Waals surface area contributed by atoms with E-state index in [1.807, 2.05) is 24.3 Å². The highest BCUT2D eigenvalue weighted by Crippen LogP contribution is 2.48. The van der Waals surface area contributed by atoms with Gasteiger partial charge in [-0.25, -0.2) is 0 Å². The predicted molar refractivity (Wildman–Crippen MR) is 85.6 cm³/mol. The van der Waals surface area contributed by atoms with E-state index in [0.717, 1.165) is 17.6 Å². The molecule has 2 fully saturated rings. The van der Waals surface area contributed by atoms with E-state index in [1.165, 1.54) is 0 Å². The molecule has 24 heavy (non-hydrogen) atoms. The average Bonchev–Trinajstić information content (AvgIpc) is 3.05. The Balaban J connectivity index is 1.71. The van der Waals surface area contributed by atoms with E-state index in [9.17, 15) is 9.90 Å². The summed E-state index contributed by atoms with van der Waals surface area (Å²) in [5, 5.41) is 9.76. The van der Waals surface area contributed by atoms with Crippen molar-refractivity contribution in [2.75, 3.05) is 13.7 Å². The minimum Gasteiger partial charge on any atom is -0.497 e.